The van der Waals surface area contributed by atoms with Crippen molar-refractivity contribution in [2.24, 2.45) is 4.99 Å². The maximum absolute atomic E-state index is 6.18. The molecule has 0 radical (unpaired) electrons. The Balaban J connectivity index is 0.00000264. The van der Waals surface area contributed by atoms with E-state index in [-0.39, 0.29) is 29.6 Å². The van der Waals surface area contributed by atoms with Crippen LogP contribution in [0.2, 0.25) is 5.02 Å². The molecular weight excluding hydrogens is 425 g/mol. The summed E-state index contributed by atoms with van der Waals surface area (Å²) in [5.74, 6) is 0.839. The highest BCUT2D eigenvalue weighted by atomic mass is 127. The van der Waals surface area contributed by atoms with Gasteiger partial charge in [-0.25, -0.2) is 0 Å². The van der Waals surface area contributed by atoms with Gasteiger partial charge in [0.1, 0.15) is 0 Å². The summed E-state index contributed by atoms with van der Waals surface area (Å²) in [4.78, 5) is 4.66. The Morgan fingerprint density at radius 1 is 1.35 bits per heavy atom. The molecule has 1 aromatic carbocycles. The number of hydrogen-bond donors (Lipinski definition) is 2. The summed E-state index contributed by atoms with van der Waals surface area (Å²) in [5, 5.41) is 7.45. The molecule has 0 aliphatic carbocycles. The first-order valence-electron chi connectivity index (χ1n) is 8.02. The van der Waals surface area contributed by atoms with E-state index >= 15 is 0 Å². The largest absolute Gasteiger partial charge is 0.373 e. The van der Waals surface area contributed by atoms with E-state index in [0.29, 0.717) is 6.54 Å². The van der Waals surface area contributed by atoms with E-state index in [1.807, 2.05) is 18.2 Å². The predicted molar refractivity (Wildman–Crippen MR) is 108 cm³/mol. The Morgan fingerprint density at radius 3 is 2.78 bits per heavy atom. The molecule has 1 aromatic rings. The van der Waals surface area contributed by atoms with Crippen LogP contribution in [0.4, 0.5) is 0 Å². The van der Waals surface area contributed by atoms with Crippen molar-refractivity contribution in [3.8, 4) is 0 Å². The molecule has 0 aromatic heterocycles. The van der Waals surface area contributed by atoms with Crippen molar-refractivity contribution < 1.29 is 4.74 Å². The van der Waals surface area contributed by atoms with Crippen molar-refractivity contribution in [3.05, 3.63) is 34.9 Å². The van der Waals surface area contributed by atoms with Crippen molar-refractivity contribution in [3.63, 3.8) is 0 Å². The second-order valence-electron chi connectivity index (χ2n) is 5.87. The van der Waals surface area contributed by atoms with Crippen molar-refractivity contribution in [1.29, 1.82) is 0 Å². The molecule has 2 N–H and O–H groups in total. The zero-order valence-corrected chi connectivity index (χ0v) is 17.0. The Labute approximate surface area is 161 Å². The van der Waals surface area contributed by atoms with Crippen LogP contribution in [0.25, 0.3) is 0 Å². The topological polar surface area (TPSA) is 45.7 Å². The van der Waals surface area contributed by atoms with Crippen LogP contribution in [0.3, 0.4) is 0 Å². The molecule has 23 heavy (non-hydrogen) atoms. The number of hydrogen-bond acceptors (Lipinski definition) is 2. The zero-order valence-electron chi connectivity index (χ0n) is 13.9. The van der Waals surface area contributed by atoms with Gasteiger partial charge in [-0.15, -0.1) is 24.0 Å². The van der Waals surface area contributed by atoms with Crippen molar-refractivity contribution in [2.45, 2.75) is 38.7 Å². The first-order valence-corrected chi connectivity index (χ1v) is 8.40. The molecular formula is C17H27ClIN3O. The van der Waals surface area contributed by atoms with E-state index in [4.69, 9.17) is 16.3 Å². The Hall–Kier alpha value is -0.530. The lowest BCUT2D eigenvalue weighted by molar-refractivity contribution is 0.0283. The molecule has 130 valence electrons. The summed E-state index contributed by atoms with van der Waals surface area (Å²) in [6.45, 7) is 7.38. The van der Waals surface area contributed by atoms with E-state index in [1.165, 1.54) is 0 Å². The van der Waals surface area contributed by atoms with Crippen molar-refractivity contribution in [1.82, 2.24) is 10.6 Å². The van der Waals surface area contributed by atoms with Gasteiger partial charge in [0.15, 0.2) is 5.96 Å². The fraction of sp³-hybridized carbons (Fsp3) is 0.588. The first kappa shape index (κ1) is 20.5. The molecule has 1 atom stereocenters. The number of benzene rings is 1. The van der Waals surface area contributed by atoms with Gasteiger partial charge in [-0.2, -0.15) is 0 Å². The van der Waals surface area contributed by atoms with Crippen LogP contribution in [0, 0.1) is 0 Å². The molecule has 1 aliphatic heterocycles. The molecule has 6 heteroatoms. The summed E-state index contributed by atoms with van der Waals surface area (Å²) in [5.41, 5.74) is 1.05. The van der Waals surface area contributed by atoms with Crippen LogP contribution in [0.5, 0.6) is 0 Å². The van der Waals surface area contributed by atoms with E-state index < -0.39 is 0 Å². The summed E-state index contributed by atoms with van der Waals surface area (Å²) >= 11 is 6.18. The number of nitrogens with zero attached hydrogens (tertiary/aromatic N) is 1. The van der Waals surface area contributed by atoms with Crippen LogP contribution in [0.15, 0.2) is 29.3 Å². The molecule has 0 saturated carbocycles. The molecule has 1 aliphatic rings. The monoisotopic (exact) mass is 451 g/mol. The molecule has 0 bridgehead atoms. The Bertz CT molecular complexity index is 504. The summed E-state index contributed by atoms with van der Waals surface area (Å²) in [7, 11) is 0. The van der Waals surface area contributed by atoms with E-state index in [0.717, 1.165) is 55.5 Å². The number of aliphatic imine (C=N–C) groups is 1. The standard InChI is InChI=1S/C17H26ClN3O.HI/c1-3-19-16(21-13-17(2)10-6-12-22-17)20-11-9-14-7-4-5-8-15(14)18;/h4-5,7-8H,3,6,9-13H2,1-2H3,(H2,19,20,21);1H. The highest BCUT2D eigenvalue weighted by molar-refractivity contribution is 14.0. The van der Waals surface area contributed by atoms with Crippen molar-refractivity contribution in [2.75, 3.05) is 26.2 Å². The van der Waals surface area contributed by atoms with Gasteiger partial charge in [0, 0.05) is 24.7 Å². The first-order chi connectivity index (χ1) is 10.6. The lowest BCUT2D eigenvalue weighted by atomic mass is 10.0. The molecule has 1 heterocycles. The second kappa shape index (κ2) is 10.4. The molecule has 1 fully saturated rings. The molecule has 0 amide bonds. The third-order valence-corrected chi connectivity index (χ3v) is 4.23. The molecule has 0 spiro atoms. The Morgan fingerprint density at radius 2 is 2.13 bits per heavy atom. The van der Waals surface area contributed by atoms with Gasteiger partial charge < -0.3 is 15.4 Å². The maximum atomic E-state index is 6.18. The molecule has 1 saturated heterocycles. The second-order valence-corrected chi connectivity index (χ2v) is 6.27. The number of halogens is 2. The van der Waals surface area contributed by atoms with Gasteiger partial charge in [0.05, 0.1) is 12.1 Å². The minimum absolute atomic E-state index is 0. The quantitative estimate of drug-likeness (QED) is 0.394. The summed E-state index contributed by atoms with van der Waals surface area (Å²) in [6, 6.07) is 7.95. The molecule has 2 rings (SSSR count). The van der Waals surface area contributed by atoms with Gasteiger partial charge in [-0.1, -0.05) is 29.8 Å². The minimum Gasteiger partial charge on any atom is -0.373 e. The van der Waals surface area contributed by atoms with Gasteiger partial charge >= 0.3 is 0 Å². The number of nitrogens with one attached hydrogen (secondary N) is 2. The Kier molecular flexibility index (Phi) is 9.24. The predicted octanol–water partition coefficient (Wildman–Crippen LogP) is 3.62. The lowest BCUT2D eigenvalue weighted by Crippen LogP contribution is -2.40. The number of guanidine groups is 1. The van der Waals surface area contributed by atoms with E-state index in [2.05, 4.69) is 35.5 Å². The summed E-state index contributed by atoms with van der Waals surface area (Å²) in [6.07, 6.45) is 3.08. The van der Waals surface area contributed by atoms with Gasteiger partial charge in [0.25, 0.3) is 0 Å². The van der Waals surface area contributed by atoms with Crippen molar-refractivity contribution >= 4 is 41.5 Å². The van der Waals surface area contributed by atoms with E-state index in [9.17, 15) is 0 Å². The smallest absolute Gasteiger partial charge is 0.191 e. The highest BCUT2D eigenvalue weighted by Gasteiger charge is 2.29. The molecule has 1 unspecified atom stereocenters. The van der Waals surface area contributed by atoms with Crippen LogP contribution >= 0.6 is 35.6 Å². The van der Waals surface area contributed by atoms with E-state index in [1.54, 1.807) is 0 Å². The number of rotatable bonds is 6. The van der Waals surface area contributed by atoms with Gasteiger partial charge in [-0.3, -0.25) is 4.99 Å². The van der Waals surface area contributed by atoms with Crippen LogP contribution < -0.4 is 10.6 Å². The van der Waals surface area contributed by atoms with Gasteiger partial charge in [-0.05, 0) is 44.7 Å². The lowest BCUT2D eigenvalue weighted by Gasteiger charge is -2.21. The average molecular weight is 452 g/mol. The van der Waals surface area contributed by atoms with Crippen LogP contribution in [0.1, 0.15) is 32.3 Å². The van der Waals surface area contributed by atoms with Crippen LogP contribution in [-0.4, -0.2) is 37.8 Å². The third-order valence-electron chi connectivity index (χ3n) is 3.86. The SMILES string of the molecule is CCNC(=NCC1(C)CCCO1)NCCc1ccccc1Cl.I. The fourth-order valence-corrected chi connectivity index (χ4v) is 2.80. The van der Waals surface area contributed by atoms with Gasteiger partial charge in [0.2, 0.25) is 0 Å². The fourth-order valence-electron chi connectivity index (χ4n) is 2.57. The number of ether oxygens (including phenoxy) is 1. The van der Waals surface area contributed by atoms with Crippen LogP contribution in [-0.2, 0) is 11.2 Å². The average Bonchev–Trinajstić information content (AvgIpc) is 2.94. The third kappa shape index (κ3) is 6.85. The minimum atomic E-state index is -0.106. The highest BCUT2D eigenvalue weighted by Crippen LogP contribution is 2.25. The normalized spacial score (nSPS) is 20.9. The molecule has 4 nitrogen and oxygen atoms in total. The maximum Gasteiger partial charge on any atom is 0.191 e. The summed E-state index contributed by atoms with van der Waals surface area (Å²) < 4.78 is 5.78. The zero-order chi connectivity index (χ0) is 15.8.